The summed E-state index contributed by atoms with van der Waals surface area (Å²) in [6.07, 6.45) is -2.83. The van der Waals surface area contributed by atoms with Crippen LogP contribution in [0.15, 0.2) is 53.4 Å². The number of carboxylic acid groups (broad SMARTS) is 1. The van der Waals surface area contributed by atoms with Gasteiger partial charge in [0.05, 0.1) is 18.3 Å². The van der Waals surface area contributed by atoms with E-state index in [4.69, 9.17) is 15.6 Å². The monoisotopic (exact) mass is 708 g/mol. The van der Waals surface area contributed by atoms with Crippen LogP contribution in [0, 0.1) is 5.92 Å². The highest BCUT2D eigenvalue weighted by Gasteiger charge is 2.44. The van der Waals surface area contributed by atoms with Gasteiger partial charge in [-0.1, -0.05) is 49.4 Å². The average molecular weight is 709 g/mol. The van der Waals surface area contributed by atoms with Crippen molar-refractivity contribution in [1.82, 2.24) is 35.8 Å². The molecule has 14 nitrogen and oxygen atoms in total. The number of primary amides is 1. The Morgan fingerprint density at radius 1 is 1.08 bits per heavy atom. The molecule has 0 spiro atoms. The smallest absolute Gasteiger partial charge is 0.475 e. The molecular formula is C31H39F3N8O6S. The Labute approximate surface area is 284 Å². The fraction of sp³-hybridized carbons (Fsp3) is 0.452. The lowest BCUT2D eigenvalue weighted by atomic mass is 10.0. The number of likely N-dealkylation sites (tertiary alicyclic amines) is 1. The topological polar surface area (TPSA) is 202 Å². The second-order valence-corrected chi connectivity index (χ2v) is 12.5. The van der Waals surface area contributed by atoms with Gasteiger partial charge in [0.15, 0.2) is 0 Å². The van der Waals surface area contributed by atoms with Crippen LogP contribution in [-0.4, -0.2) is 98.5 Å². The highest BCUT2D eigenvalue weighted by Crippen LogP contribution is 2.30. The lowest BCUT2D eigenvalue weighted by molar-refractivity contribution is -0.192. The van der Waals surface area contributed by atoms with E-state index in [0.717, 1.165) is 11.1 Å². The molecule has 6 N–H and O–H groups in total. The van der Waals surface area contributed by atoms with Crippen molar-refractivity contribution >= 4 is 40.9 Å². The van der Waals surface area contributed by atoms with Crippen LogP contribution >= 0.6 is 11.3 Å². The quantitative estimate of drug-likeness (QED) is 0.186. The first-order chi connectivity index (χ1) is 23.0. The van der Waals surface area contributed by atoms with Crippen molar-refractivity contribution in [1.29, 1.82) is 0 Å². The molecule has 49 heavy (non-hydrogen) atoms. The number of hydrogen-bond acceptors (Lipinski definition) is 9. The fourth-order valence-corrected chi connectivity index (χ4v) is 5.59. The molecule has 0 unspecified atom stereocenters. The number of rotatable bonds is 12. The van der Waals surface area contributed by atoms with E-state index in [2.05, 4.69) is 26.3 Å². The second kappa shape index (κ2) is 17.0. The number of nitrogens with two attached hydrogens (primary N) is 1. The molecule has 1 fully saturated rings. The van der Waals surface area contributed by atoms with Crippen molar-refractivity contribution in [3.05, 3.63) is 58.9 Å². The Morgan fingerprint density at radius 2 is 1.73 bits per heavy atom. The maximum atomic E-state index is 14.0. The molecule has 266 valence electrons. The molecule has 18 heteroatoms. The first-order valence-electron chi connectivity index (χ1n) is 15.2. The predicted octanol–water partition coefficient (Wildman–Crippen LogP) is 1.74. The molecule has 0 saturated carbocycles. The highest BCUT2D eigenvalue weighted by molar-refractivity contribution is 7.08. The number of carbonyl (C=O) groups excluding carboxylic acids is 4. The van der Waals surface area contributed by atoms with Crippen molar-refractivity contribution in [2.24, 2.45) is 11.7 Å². The molecule has 1 aliphatic rings. The van der Waals surface area contributed by atoms with Crippen molar-refractivity contribution in [3.63, 3.8) is 0 Å². The summed E-state index contributed by atoms with van der Waals surface area (Å²) >= 11 is 1.55. The molecule has 1 aliphatic heterocycles. The summed E-state index contributed by atoms with van der Waals surface area (Å²) in [6, 6.07) is 7.56. The van der Waals surface area contributed by atoms with Gasteiger partial charge < -0.3 is 31.7 Å². The largest absolute Gasteiger partial charge is 0.490 e. The van der Waals surface area contributed by atoms with Crippen LogP contribution < -0.4 is 21.7 Å². The van der Waals surface area contributed by atoms with Crippen LogP contribution in [0.4, 0.5) is 13.2 Å². The number of halogens is 3. The number of likely N-dealkylation sites (N-methyl/N-ethyl adjacent to an activating group) is 1. The SMILES string of the molecule is CN[C@@H](C)C(=O)N[C@H](C(=O)N1C[C@H](n2cc(-c3ccsc3)nn2)C[C@H]1C(=O)N[C@@H](Cc1ccccc1)C(N)=O)C(C)C.O=C(O)C(F)(F)F. The highest BCUT2D eigenvalue weighted by atomic mass is 32.1. The Bertz CT molecular complexity index is 1590. The van der Waals surface area contributed by atoms with Gasteiger partial charge in [0, 0.05) is 30.3 Å². The first kappa shape index (κ1) is 38.6. The fourth-order valence-electron chi connectivity index (χ4n) is 4.94. The predicted molar refractivity (Wildman–Crippen MR) is 173 cm³/mol. The molecule has 4 rings (SSSR count). The number of thiophene rings is 1. The molecule has 3 heterocycles. The number of carboxylic acids is 1. The van der Waals surface area contributed by atoms with Crippen molar-refractivity contribution < 1.29 is 42.3 Å². The van der Waals surface area contributed by atoms with E-state index in [-0.39, 0.29) is 43.2 Å². The zero-order valence-corrected chi connectivity index (χ0v) is 28.0. The number of nitrogens with one attached hydrogen (secondary N) is 3. The third-order valence-corrected chi connectivity index (χ3v) is 8.49. The number of nitrogens with zero attached hydrogens (tertiary/aromatic N) is 4. The Kier molecular flexibility index (Phi) is 13.4. The van der Waals surface area contributed by atoms with Crippen LogP contribution in [0.5, 0.6) is 0 Å². The van der Waals surface area contributed by atoms with Gasteiger partial charge in [-0.2, -0.15) is 24.5 Å². The molecule has 1 aromatic carbocycles. The minimum absolute atomic E-state index is 0.171. The minimum atomic E-state index is -5.08. The summed E-state index contributed by atoms with van der Waals surface area (Å²) in [6.45, 7) is 5.54. The molecule has 3 aromatic rings. The number of benzene rings is 1. The third kappa shape index (κ3) is 10.6. The molecule has 0 aliphatic carbocycles. The van der Waals surface area contributed by atoms with Crippen molar-refractivity contribution in [2.45, 2.75) is 70.0 Å². The van der Waals surface area contributed by atoms with Crippen LogP contribution in [0.2, 0.25) is 0 Å². The van der Waals surface area contributed by atoms with E-state index in [9.17, 15) is 32.3 Å². The van der Waals surface area contributed by atoms with Gasteiger partial charge in [-0.05, 0) is 36.9 Å². The van der Waals surface area contributed by atoms with Gasteiger partial charge in [0.25, 0.3) is 0 Å². The zero-order chi connectivity index (χ0) is 36.5. The van der Waals surface area contributed by atoms with E-state index in [0.29, 0.717) is 5.69 Å². The van der Waals surface area contributed by atoms with Crippen molar-refractivity contribution in [3.8, 4) is 11.3 Å². The lowest BCUT2D eigenvalue weighted by Crippen LogP contribution is -2.58. The second-order valence-electron chi connectivity index (χ2n) is 11.7. The maximum absolute atomic E-state index is 14.0. The number of aromatic nitrogens is 3. The summed E-state index contributed by atoms with van der Waals surface area (Å²) in [4.78, 5) is 63.2. The first-order valence-corrected chi connectivity index (χ1v) is 16.1. The van der Waals surface area contributed by atoms with Crippen LogP contribution in [0.3, 0.4) is 0 Å². The normalized spacial score (nSPS) is 17.8. The van der Waals surface area contributed by atoms with E-state index < -0.39 is 48.1 Å². The lowest BCUT2D eigenvalue weighted by Gasteiger charge is -2.31. The standard InChI is InChI=1S/C29H38N8O4S.C2HF3O2/c1-17(2)25(33-27(39)18(3)31-4)29(41)36-14-21(37-15-23(34-35-37)20-10-11-42-16-20)13-24(36)28(40)32-22(26(30)38)12-19-8-6-5-7-9-19;3-2(4,5)1(6)7/h5-11,15-18,21-22,24-25,31H,12-14H2,1-4H3,(H2,30,38)(H,32,40)(H,33,39);(H,6,7)/t18-,21+,22-,24-,25-;/m0./s1. The molecule has 0 bridgehead atoms. The van der Waals surface area contributed by atoms with Crippen molar-refractivity contribution in [2.75, 3.05) is 13.6 Å². The molecule has 5 atom stereocenters. The van der Waals surface area contributed by atoms with E-state index >= 15 is 0 Å². The molecule has 4 amide bonds. The average Bonchev–Trinajstić information content (AvgIpc) is 3.83. The summed E-state index contributed by atoms with van der Waals surface area (Å²) in [5.41, 5.74) is 8.12. The van der Waals surface area contributed by atoms with E-state index in [1.54, 1.807) is 36.2 Å². The molecule has 2 aromatic heterocycles. The minimum Gasteiger partial charge on any atom is -0.475 e. The maximum Gasteiger partial charge on any atom is 0.490 e. The van der Waals surface area contributed by atoms with E-state index in [1.807, 2.05) is 61.0 Å². The molecule has 0 radical (unpaired) electrons. The summed E-state index contributed by atoms with van der Waals surface area (Å²) in [7, 11) is 1.66. The number of amides is 4. The van der Waals surface area contributed by atoms with Gasteiger partial charge in [0.2, 0.25) is 23.6 Å². The number of aliphatic carboxylic acids is 1. The van der Waals surface area contributed by atoms with Gasteiger partial charge >= 0.3 is 12.1 Å². The number of hydrogen-bond donors (Lipinski definition) is 5. The van der Waals surface area contributed by atoms with Gasteiger partial charge in [-0.3, -0.25) is 19.2 Å². The number of carbonyl (C=O) groups is 5. The van der Waals surface area contributed by atoms with E-state index in [1.165, 1.54) is 4.90 Å². The Balaban J connectivity index is 0.000000838. The third-order valence-electron chi connectivity index (χ3n) is 7.81. The molecule has 1 saturated heterocycles. The molecular weight excluding hydrogens is 669 g/mol. The van der Waals surface area contributed by atoms with Gasteiger partial charge in [0.1, 0.15) is 23.8 Å². The summed E-state index contributed by atoms with van der Waals surface area (Å²) in [5.74, 6) is -4.89. The number of alkyl halides is 3. The summed E-state index contributed by atoms with van der Waals surface area (Å²) < 4.78 is 33.4. The van der Waals surface area contributed by atoms with Crippen LogP contribution in [0.1, 0.15) is 38.8 Å². The van der Waals surface area contributed by atoms with Crippen LogP contribution in [-0.2, 0) is 30.4 Å². The Hall–Kier alpha value is -4.84. The van der Waals surface area contributed by atoms with Gasteiger partial charge in [-0.25, -0.2) is 9.48 Å². The zero-order valence-electron chi connectivity index (χ0n) is 27.2. The summed E-state index contributed by atoms with van der Waals surface area (Å²) in [5, 5.41) is 28.1. The van der Waals surface area contributed by atoms with Gasteiger partial charge in [-0.15, -0.1) is 5.10 Å². The Morgan fingerprint density at radius 3 is 2.27 bits per heavy atom. The van der Waals surface area contributed by atoms with Crippen LogP contribution in [0.25, 0.3) is 11.3 Å².